The first-order valence-electron chi connectivity index (χ1n) is 10.5. The minimum atomic E-state index is -0.300. The maximum atomic E-state index is 12.8. The molecule has 2 heterocycles. The zero-order valence-electron chi connectivity index (χ0n) is 17.5. The van der Waals surface area contributed by atoms with Gasteiger partial charge in [0.1, 0.15) is 0 Å². The van der Waals surface area contributed by atoms with Gasteiger partial charge in [-0.3, -0.25) is 19.5 Å². The summed E-state index contributed by atoms with van der Waals surface area (Å²) < 4.78 is 0. The Morgan fingerprint density at radius 1 is 0.758 bits per heavy atom. The molecule has 3 aromatic carbocycles. The number of nitrogens with zero attached hydrogens (tertiary/aromatic N) is 2. The number of hydrogen-bond acceptors (Lipinski definition) is 4. The van der Waals surface area contributed by atoms with Crippen LogP contribution >= 0.6 is 11.6 Å². The van der Waals surface area contributed by atoms with Crippen LogP contribution in [0.4, 0.5) is 0 Å². The van der Waals surface area contributed by atoms with E-state index in [1.165, 1.54) is 4.90 Å². The molecule has 1 aliphatic rings. The van der Waals surface area contributed by atoms with Crippen molar-refractivity contribution in [1.82, 2.24) is 9.88 Å². The summed E-state index contributed by atoms with van der Waals surface area (Å²) in [6, 6.07) is 23.8. The molecule has 1 N–H and O–H groups in total. The van der Waals surface area contributed by atoms with Gasteiger partial charge in [-0.15, -0.1) is 0 Å². The summed E-state index contributed by atoms with van der Waals surface area (Å²) in [7, 11) is 0. The molecule has 0 radical (unpaired) electrons. The number of hydrogen-bond donors (Lipinski definition) is 1. The number of imide groups is 1. The van der Waals surface area contributed by atoms with Crippen molar-refractivity contribution in [1.29, 1.82) is 0 Å². The number of aromatic nitrogens is 1. The summed E-state index contributed by atoms with van der Waals surface area (Å²) in [5, 5.41) is 10.0. The molecular weight excluding hydrogens is 436 g/mol. The van der Waals surface area contributed by atoms with Crippen LogP contribution in [0.2, 0.25) is 5.02 Å². The summed E-state index contributed by atoms with van der Waals surface area (Å²) in [4.78, 5) is 31.6. The molecule has 5 nitrogen and oxygen atoms in total. The van der Waals surface area contributed by atoms with Crippen molar-refractivity contribution in [2.24, 2.45) is 0 Å². The Bertz CT molecular complexity index is 1330. The summed E-state index contributed by atoms with van der Waals surface area (Å²) >= 11 is 6.06. The Balaban J connectivity index is 1.55. The lowest BCUT2D eigenvalue weighted by Gasteiger charge is -2.16. The molecule has 0 saturated heterocycles. The number of halogens is 1. The quantitative estimate of drug-likeness (QED) is 0.412. The first-order chi connectivity index (χ1) is 16.0. The molecule has 4 aromatic rings. The predicted molar refractivity (Wildman–Crippen MR) is 127 cm³/mol. The van der Waals surface area contributed by atoms with Gasteiger partial charge >= 0.3 is 0 Å². The highest BCUT2D eigenvalue weighted by Crippen LogP contribution is 2.33. The third kappa shape index (κ3) is 3.93. The van der Waals surface area contributed by atoms with E-state index < -0.39 is 0 Å². The standard InChI is InChI=1S/C27H19ClN2O3/c28-21-11-9-20(10-12-21)25-24(19-7-5-17(16-31)6-8-19)13-18(14-29-25)15-30-26(32)22-3-1-2-4-23(22)27(30)33/h1-14,31H,15-16H2. The van der Waals surface area contributed by atoms with Crippen LogP contribution in [-0.4, -0.2) is 26.8 Å². The second kappa shape index (κ2) is 8.62. The van der Waals surface area contributed by atoms with Gasteiger partial charge in [0.05, 0.1) is 30.0 Å². The van der Waals surface area contributed by atoms with Crippen LogP contribution in [0.5, 0.6) is 0 Å². The summed E-state index contributed by atoms with van der Waals surface area (Å²) in [6.07, 6.45) is 1.69. The van der Waals surface area contributed by atoms with Crippen molar-refractivity contribution in [3.8, 4) is 22.4 Å². The van der Waals surface area contributed by atoms with Gasteiger partial charge in [-0.2, -0.15) is 0 Å². The number of aliphatic hydroxyl groups excluding tert-OH is 1. The van der Waals surface area contributed by atoms with E-state index >= 15 is 0 Å². The van der Waals surface area contributed by atoms with Crippen LogP contribution in [0.15, 0.2) is 85.1 Å². The van der Waals surface area contributed by atoms with E-state index in [4.69, 9.17) is 16.6 Å². The van der Waals surface area contributed by atoms with Gasteiger partial charge in [0.2, 0.25) is 0 Å². The number of fused-ring (bicyclic) bond motifs is 1. The molecule has 2 amide bonds. The minimum Gasteiger partial charge on any atom is -0.392 e. The number of carbonyl (C=O) groups excluding carboxylic acids is 2. The zero-order chi connectivity index (χ0) is 22.9. The van der Waals surface area contributed by atoms with E-state index in [2.05, 4.69) is 0 Å². The van der Waals surface area contributed by atoms with Crippen molar-refractivity contribution in [2.75, 3.05) is 0 Å². The van der Waals surface area contributed by atoms with Crippen LogP contribution in [0.1, 0.15) is 31.8 Å². The first kappa shape index (κ1) is 21.1. The number of pyridine rings is 1. The Kier molecular flexibility index (Phi) is 5.50. The molecule has 0 saturated carbocycles. The molecular formula is C27H19ClN2O3. The lowest BCUT2D eigenvalue weighted by Crippen LogP contribution is -2.29. The first-order valence-corrected chi connectivity index (χ1v) is 10.8. The fourth-order valence-corrected chi connectivity index (χ4v) is 4.13. The molecule has 0 fully saturated rings. The topological polar surface area (TPSA) is 70.5 Å². The number of amides is 2. The third-order valence-corrected chi connectivity index (χ3v) is 5.98. The monoisotopic (exact) mass is 454 g/mol. The average Bonchev–Trinajstić information content (AvgIpc) is 3.10. The summed E-state index contributed by atoms with van der Waals surface area (Å²) in [6.45, 7) is 0.0876. The predicted octanol–water partition coefficient (Wildman–Crippen LogP) is 5.36. The fraction of sp³-hybridized carbons (Fsp3) is 0.0741. The molecule has 6 heteroatoms. The largest absolute Gasteiger partial charge is 0.392 e. The second-order valence-electron chi connectivity index (χ2n) is 7.84. The van der Waals surface area contributed by atoms with Crippen LogP contribution < -0.4 is 0 Å². The van der Waals surface area contributed by atoms with Gasteiger partial charge in [-0.05, 0) is 47.0 Å². The maximum Gasteiger partial charge on any atom is 0.261 e. The number of benzene rings is 3. The van der Waals surface area contributed by atoms with Crippen LogP contribution in [0.3, 0.4) is 0 Å². The van der Waals surface area contributed by atoms with E-state index in [-0.39, 0.29) is 25.0 Å². The van der Waals surface area contributed by atoms with Crippen molar-refractivity contribution >= 4 is 23.4 Å². The Morgan fingerprint density at radius 2 is 1.36 bits per heavy atom. The van der Waals surface area contributed by atoms with Crippen molar-refractivity contribution in [2.45, 2.75) is 13.2 Å². The lowest BCUT2D eigenvalue weighted by atomic mass is 9.97. The Labute approximate surface area is 195 Å². The van der Waals surface area contributed by atoms with Gasteiger partial charge in [0, 0.05) is 22.3 Å². The number of carbonyl (C=O) groups is 2. The molecule has 0 bridgehead atoms. The molecule has 0 unspecified atom stereocenters. The van der Waals surface area contributed by atoms with E-state index in [1.54, 1.807) is 30.5 Å². The van der Waals surface area contributed by atoms with Crippen molar-refractivity contribution in [3.63, 3.8) is 0 Å². The lowest BCUT2D eigenvalue weighted by molar-refractivity contribution is 0.0642. The number of aliphatic hydroxyl groups is 1. The molecule has 0 aliphatic carbocycles. The smallest absolute Gasteiger partial charge is 0.261 e. The van der Waals surface area contributed by atoms with E-state index in [9.17, 15) is 14.7 Å². The maximum absolute atomic E-state index is 12.8. The van der Waals surface area contributed by atoms with Crippen LogP contribution in [-0.2, 0) is 13.2 Å². The molecule has 162 valence electrons. The zero-order valence-corrected chi connectivity index (χ0v) is 18.3. The van der Waals surface area contributed by atoms with E-state index in [0.29, 0.717) is 16.1 Å². The molecule has 0 atom stereocenters. The average molecular weight is 455 g/mol. The fourth-order valence-electron chi connectivity index (χ4n) is 4.01. The highest BCUT2D eigenvalue weighted by Gasteiger charge is 2.35. The van der Waals surface area contributed by atoms with Crippen molar-refractivity contribution in [3.05, 3.63) is 112 Å². The summed E-state index contributed by atoms with van der Waals surface area (Å²) in [5.74, 6) is -0.600. The van der Waals surface area contributed by atoms with Crippen LogP contribution in [0, 0.1) is 0 Å². The Morgan fingerprint density at radius 3 is 1.97 bits per heavy atom. The molecule has 1 aliphatic heterocycles. The SMILES string of the molecule is O=C1c2ccccc2C(=O)N1Cc1cnc(-c2ccc(Cl)cc2)c(-c2ccc(CO)cc2)c1. The van der Waals surface area contributed by atoms with Crippen LogP contribution in [0.25, 0.3) is 22.4 Å². The number of rotatable bonds is 5. The molecule has 1 aromatic heterocycles. The highest BCUT2D eigenvalue weighted by atomic mass is 35.5. The molecule has 33 heavy (non-hydrogen) atoms. The van der Waals surface area contributed by atoms with E-state index in [0.717, 1.165) is 33.5 Å². The van der Waals surface area contributed by atoms with E-state index in [1.807, 2.05) is 54.6 Å². The second-order valence-corrected chi connectivity index (χ2v) is 8.28. The van der Waals surface area contributed by atoms with Crippen molar-refractivity contribution < 1.29 is 14.7 Å². The highest BCUT2D eigenvalue weighted by molar-refractivity contribution is 6.30. The third-order valence-electron chi connectivity index (χ3n) is 5.73. The van der Waals surface area contributed by atoms with Gasteiger partial charge in [0.25, 0.3) is 11.8 Å². The normalized spacial score (nSPS) is 12.8. The molecule has 5 rings (SSSR count). The summed E-state index contributed by atoms with van der Waals surface area (Å²) in [5.41, 5.74) is 5.82. The molecule has 0 spiro atoms. The van der Waals surface area contributed by atoms with Gasteiger partial charge in [0.15, 0.2) is 0 Å². The van der Waals surface area contributed by atoms with Gasteiger partial charge in [-0.25, -0.2) is 0 Å². The minimum absolute atomic E-state index is 0.0393. The Hall–Kier alpha value is -3.80. The van der Waals surface area contributed by atoms with Gasteiger partial charge < -0.3 is 5.11 Å². The van der Waals surface area contributed by atoms with Gasteiger partial charge in [-0.1, -0.05) is 60.1 Å².